The Kier molecular flexibility index (Phi) is 5.09. The maximum Gasteiger partial charge on any atom is 0.287 e. The Labute approximate surface area is 150 Å². The van der Waals surface area contributed by atoms with Crippen molar-refractivity contribution in [3.63, 3.8) is 0 Å². The molecule has 2 heterocycles. The highest BCUT2D eigenvalue weighted by atomic mass is 35.5. The number of hydrogen-bond acceptors (Lipinski definition) is 4. The first-order valence-electron chi connectivity index (χ1n) is 7.75. The summed E-state index contributed by atoms with van der Waals surface area (Å²) >= 11 is 5.91. The molecular weight excluding hydrogens is 342 g/mol. The molecule has 6 nitrogen and oxygen atoms in total. The summed E-state index contributed by atoms with van der Waals surface area (Å²) < 4.78 is 12.8. The van der Waals surface area contributed by atoms with E-state index in [1.807, 2.05) is 20.2 Å². The third-order valence-corrected chi connectivity index (χ3v) is 3.85. The van der Waals surface area contributed by atoms with Gasteiger partial charge in [0, 0.05) is 30.4 Å². The van der Waals surface area contributed by atoms with Crippen molar-refractivity contribution in [3.05, 3.63) is 70.4 Å². The summed E-state index contributed by atoms with van der Waals surface area (Å²) in [5.41, 5.74) is 1.85. The molecule has 0 radical (unpaired) electrons. The van der Waals surface area contributed by atoms with E-state index >= 15 is 0 Å². The molecule has 0 aliphatic rings. The number of aromatic nitrogens is 2. The van der Waals surface area contributed by atoms with Gasteiger partial charge in [-0.15, -0.1) is 0 Å². The molecule has 0 unspecified atom stereocenters. The van der Waals surface area contributed by atoms with Gasteiger partial charge in [-0.2, -0.15) is 5.10 Å². The molecule has 0 fully saturated rings. The smallest absolute Gasteiger partial charge is 0.287 e. The zero-order chi connectivity index (χ0) is 17.8. The van der Waals surface area contributed by atoms with Gasteiger partial charge in [0.1, 0.15) is 18.1 Å². The number of ether oxygens (including phenoxy) is 1. The lowest BCUT2D eigenvalue weighted by Gasteiger charge is -2.04. The van der Waals surface area contributed by atoms with Gasteiger partial charge in [0.15, 0.2) is 5.76 Å². The zero-order valence-corrected chi connectivity index (χ0v) is 14.7. The first-order chi connectivity index (χ1) is 12.0. The van der Waals surface area contributed by atoms with Crippen LogP contribution in [0.25, 0.3) is 0 Å². The molecule has 0 saturated carbocycles. The highest BCUT2D eigenvalue weighted by Gasteiger charge is 2.12. The highest BCUT2D eigenvalue weighted by Crippen LogP contribution is 2.19. The Bertz CT molecular complexity index is 885. The zero-order valence-electron chi connectivity index (χ0n) is 14.0. The number of hydrogen-bond donors (Lipinski definition) is 1. The number of carbonyl (C=O) groups excluding carboxylic acids is 1. The molecule has 7 heteroatoms. The van der Waals surface area contributed by atoms with Crippen LogP contribution < -0.4 is 10.1 Å². The van der Waals surface area contributed by atoms with Crippen LogP contribution >= 0.6 is 11.6 Å². The fraction of sp³-hybridized carbons (Fsp3) is 0.222. The van der Waals surface area contributed by atoms with Crippen molar-refractivity contribution in [2.24, 2.45) is 7.05 Å². The van der Waals surface area contributed by atoms with Crippen LogP contribution in [0.4, 0.5) is 0 Å². The second kappa shape index (κ2) is 7.44. The summed E-state index contributed by atoms with van der Waals surface area (Å²) in [7, 11) is 1.84. The number of halogens is 1. The monoisotopic (exact) mass is 359 g/mol. The number of amides is 1. The van der Waals surface area contributed by atoms with E-state index in [1.165, 1.54) is 0 Å². The number of nitrogens with zero attached hydrogens (tertiary/aromatic N) is 2. The van der Waals surface area contributed by atoms with Gasteiger partial charge in [-0.25, -0.2) is 0 Å². The summed E-state index contributed by atoms with van der Waals surface area (Å²) in [5, 5.41) is 7.66. The van der Waals surface area contributed by atoms with Crippen molar-refractivity contribution in [2.75, 3.05) is 0 Å². The Morgan fingerprint density at radius 1 is 1.36 bits per heavy atom. The van der Waals surface area contributed by atoms with Crippen molar-refractivity contribution in [2.45, 2.75) is 20.1 Å². The van der Waals surface area contributed by atoms with Gasteiger partial charge in [0.05, 0.1) is 5.69 Å². The normalized spacial score (nSPS) is 10.7. The van der Waals surface area contributed by atoms with Crippen LogP contribution in [0.15, 0.2) is 47.0 Å². The lowest BCUT2D eigenvalue weighted by atomic mass is 10.2. The average molecular weight is 360 g/mol. The molecule has 1 aromatic carbocycles. The van der Waals surface area contributed by atoms with Crippen LogP contribution in [-0.4, -0.2) is 15.7 Å². The third-order valence-electron chi connectivity index (χ3n) is 3.62. The maximum atomic E-state index is 12.2. The lowest BCUT2D eigenvalue weighted by Crippen LogP contribution is -2.22. The minimum atomic E-state index is -0.280. The minimum Gasteiger partial charge on any atom is -0.486 e. The van der Waals surface area contributed by atoms with Crippen LogP contribution in [0.1, 0.15) is 27.6 Å². The fourth-order valence-corrected chi connectivity index (χ4v) is 2.55. The van der Waals surface area contributed by atoms with Gasteiger partial charge in [-0.1, -0.05) is 17.7 Å². The summed E-state index contributed by atoms with van der Waals surface area (Å²) in [6.07, 6.45) is 1.88. The molecule has 1 amide bonds. The summed E-state index contributed by atoms with van der Waals surface area (Å²) in [4.78, 5) is 12.2. The summed E-state index contributed by atoms with van der Waals surface area (Å²) in [6.45, 7) is 2.52. The number of nitrogens with one attached hydrogen (secondary N) is 1. The van der Waals surface area contributed by atoms with Crippen LogP contribution in [0, 0.1) is 6.92 Å². The van der Waals surface area contributed by atoms with E-state index in [0.717, 1.165) is 11.3 Å². The molecule has 1 N–H and O–H groups in total. The Balaban J connectivity index is 1.55. The van der Waals surface area contributed by atoms with Gasteiger partial charge in [0.25, 0.3) is 5.91 Å². The first-order valence-corrected chi connectivity index (χ1v) is 8.13. The van der Waals surface area contributed by atoms with Gasteiger partial charge < -0.3 is 14.5 Å². The molecular formula is C18H18ClN3O3. The Morgan fingerprint density at radius 2 is 2.20 bits per heavy atom. The standard InChI is InChI=1S/C18H18ClN3O3/c1-12-13(10-22(2)21-12)9-20-18(23)17-7-6-16(25-17)11-24-15-5-3-4-14(19)8-15/h3-8,10H,9,11H2,1-2H3,(H,20,23). The minimum absolute atomic E-state index is 0.218. The van der Waals surface area contributed by atoms with Crippen molar-refractivity contribution in [3.8, 4) is 5.75 Å². The topological polar surface area (TPSA) is 69.3 Å². The predicted octanol–water partition coefficient (Wildman–Crippen LogP) is 3.48. The largest absolute Gasteiger partial charge is 0.486 e. The molecule has 3 aromatic rings. The predicted molar refractivity (Wildman–Crippen MR) is 93.6 cm³/mol. The second-order valence-corrected chi connectivity index (χ2v) is 6.04. The van der Waals surface area contributed by atoms with Gasteiger partial charge in [-0.05, 0) is 37.3 Å². The molecule has 0 spiro atoms. The van der Waals surface area contributed by atoms with E-state index in [1.54, 1.807) is 41.1 Å². The van der Waals surface area contributed by atoms with E-state index in [9.17, 15) is 4.79 Å². The van der Waals surface area contributed by atoms with E-state index in [-0.39, 0.29) is 18.3 Å². The molecule has 0 bridgehead atoms. The van der Waals surface area contributed by atoms with E-state index < -0.39 is 0 Å². The van der Waals surface area contributed by atoms with Crippen molar-refractivity contribution in [1.29, 1.82) is 0 Å². The van der Waals surface area contributed by atoms with Crippen molar-refractivity contribution in [1.82, 2.24) is 15.1 Å². The molecule has 0 atom stereocenters. The molecule has 2 aromatic heterocycles. The fourth-order valence-electron chi connectivity index (χ4n) is 2.37. The maximum absolute atomic E-state index is 12.2. The number of carbonyl (C=O) groups is 1. The molecule has 0 saturated heterocycles. The average Bonchev–Trinajstić information content (AvgIpc) is 3.17. The van der Waals surface area contributed by atoms with E-state index in [4.69, 9.17) is 20.8 Å². The SMILES string of the molecule is Cc1nn(C)cc1CNC(=O)c1ccc(COc2cccc(Cl)c2)o1. The second-order valence-electron chi connectivity index (χ2n) is 5.61. The number of furan rings is 1. The van der Waals surface area contributed by atoms with Crippen LogP contribution in [-0.2, 0) is 20.2 Å². The van der Waals surface area contributed by atoms with Gasteiger partial charge in [-0.3, -0.25) is 9.48 Å². The number of rotatable bonds is 6. The first kappa shape index (κ1) is 17.1. The van der Waals surface area contributed by atoms with E-state index in [0.29, 0.717) is 23.1 Å². The molecule has 25 heavy (non-hydrogen) atoms. The molecule has 0 aliphatic carbocycles. The van der Waals surface area contributed by atoms with Crippen LogP contribution in [0.5, 0.6) is 5.75 Å². The molecule has 0 aliphatic heterocycles. The lowest BCUT2D eigenvalue weighted by molar-refractivity contribution is 0.0919. The third kappa shape index (κ3) is 4.42. The number of aryl methyl sites for hydroxylation is 2. The van der Waals surface area contributed by atoms with Gasteiger partial charge >= 0.3 is 0 Å². The van der Waals surface area contributed by atoms with Crippen LogP contribution in [0.2, 0.25) is 5.02 Å². The quantitative estimate of drug-likeness (QED) is 0.731. The highest BCUT2D eigenvalue weighted by molar-refractivity contribution is 6.30. The van der Waals surface area contributed by atoms with Crippen molar-refractivity contribution >= 4 is 17.5 Å². The summed E-state index contributed by atoms with van der Waals surface area (Å²) in [6, 6.07) is 10.4. The molecule has 130 valence electrons. The van der Waals surface area contributed by atoms with Crippen molar-refractivity contribution < 1.29 is 13.9 Å². The summed E-state index contributed by atoms with van der Waals surface area (Å²) in [5.74, 6) is 1.16. The molecule has 3 rings (SSSR count). The van der Waals surface area contributed by atoms with Gasteiger partial charge in [0.2, 0.25) is 0 Å². The van der Waals surface area contributed by atoms with E-state index in [2.05, 4.69) is 10.4 Å². The Hall–Kier alpha value is -2.73. The van der Waals surface area contributed by atoms with Crippen LogP contribution in [0.3, 0.4) is 0 Å². The number of benzene rings is 1. The Morgan fingerprint density at radius 3 is 2.92 bits per heavy atom.